The second-order valence-corrected chi connectivity index (χ2v) is 8.79. The molecule has 0 saturated carbocycles. The molecule has 0 saturated heterocycles. The summed E-state index contributed by atoms with van der Waals surface area (Å²) in [6.45, 7) is 3.12. The van der Waals surface area contributed by atoms with Crippen LogP contribution in [0.15, 0.2) is 24.3 Å². The molecule has 0 fully saturated rings. The minimum atomic E-state index is -1.19. The van der Waals surface area contributed by atoms with Crippen molar-refractivity contribution in [1.82, 2.24) is 16.0 Å². The molecule has 3 amide bonds. The number of carboxylic acids is 1. The first-order valence-corrected chi connectivity index (χ1v) is 12.1. The van der Waals surface area contributed by atoms with E-state index < -0.39 is 48.4 Å². The number of amides is 3. The first-order chi connectivity index (χ1) is 15.6. The number of nitrogens with two attached hydrogens (primary N) is 1. The number of thioether (sulfide) groups is 1. The van der Waals surface area contributed by atoms with Gasteiger partial charge in [-0.15, -0.1) is 0 Å². The maximum absolute atomic E-state index is 13.0. The monoisotopic (exact) mass is 482 g/mol. The zero-order valence-corrected chi connectivity index (χ0v) is 20.0. The van der Waals surface area contributed by atoms with E-state index in [-0.39, 0.29) is 18.1 Å². The molecule has 0 radical (unpaired) electrons. The molecule has 10 nitrogen and oxygen atoms in total. The summed E-state index contributed by atoms with van der Waals surface area (Å²) >= 11 is 1.48. The molecule has 7 N–H and O–H groups in total. The van der Waals surface area contributed by atoms with Crippen LogP contribution >= 0.6 is 11.8 Å². The van der Waals surface area contributed by atoms with Crippen molar-refractivity contribution in [3.63, 3.8) is 0 Å². The first kappa shape index (κ1) is 28.2. The molecule has 0 heterocycles. The minimum absolute atomic E-state index is 0.105. The summed E-state index contributed by atoms with van der Waals surface area (Å²) in [5.41, 5.74) is 6.79. The summed E-state index contributed by atoms with van der Waals surface area (Å²) in [7, 11) is 0. The lowest BCUT2D eigenvalue weighted by molar-refractivity contribution is -0.138. The van der Waals surface area contributed by atoms with Gasteiger partial charge in [0.05, 0.1) is 6.04 Å². The van der Waals surface area contributed by atoms with E-state index in [0.717, 1.165) is 5.56 Å². The Balaban J connectivity index is 2.87. The molecule has 11 heteroatoms. The van der Waals surface area contributed by atoms with Gasteiger partial charge in [0.15, 0.2) is 0 Å². The Kier molecular flexibility index (Phi) is 12.3. The van der Waals surface area contributed by atoms with E-state index in [9.17, 15) is 24.3 Å². The molecule has 0 aliphatic carbocycles. The molecule has 184 valence electrons. The minimum Gasteiger partial charge on any atom is -0.508 e. The third-order valence-electron chi connectivity index (χ3n) is 5.18. The number of phenols is 1. The fourth-order valence-electron chi connectivity index (χ4n) is 2.99. The van der Waals surface area contributed by atoms with Gasteiger partial charge in [0.1, 0.15) is 24.4 Å². The first-order valence-electron chi connectivity index (χ1n) is 10.7. The SMILES string of the molecule is CCC(C)C(NC(=O)C(N)Cc1ccc(O)cc1)C(=O)NC(CCSC)C(=O)NCC(=O)O. The molecule has 1 rings (SSSR count). The van der Waals surface area contributed by atoms with E-state index in [4.69, 9.17) is 10.8 Å². The van der Waals surface area contributed by atoms with Crippen molar-refractivity contribution in [3.8, 4) is 5.75 Å². The van der Waals surface area contributed by atoms with Crippen LogP contribution in [0.1, 0.15) is 32.3 Å². The normalized spacial score (nSPS) is 14.4. The van der Waals surface area contributed by atoms with Crippen LogP contribution in [0.4, 0.5) is 0 Å². The van der Waals surface area contributed by atoms with Gasteiger partial charge in [-0.25, -0.2) is 0 Å². The second kappa shape index (κ2) is 14.4. The number of aromatic hydroxyl groups is 1. The van der Waals surface area contributed by atoms with Crippen molar-refractivity contribution < 1.29 is 29.4 Å². The predicted molar refractivity (Wildman–Crippen MR) is 127 cm³/mol. The van der Waals surface area contributed by atoms with Crippen LogP contribution in [0, 0.1) is 5.92 Å². The number of hydrogen-bond acceptors (Lipinski definition) is 7. The molecular weight excluding hydrogens is 448 g/mol. The molecular formula is C22H34N4O6S. The summed E-state index contributed by atoms with van der Waals surface area (Å²) in [5, 5.41) is 25.8. The maximum Gasteiger partial charge on any atom is 0.322 e. The molecule has 0 aromatic heterocycles. The zero-order valence-electron chi connectivity index (χ0n) is 19.2. The highest BCUT2D eigenvalue weighted by atomic mass is 32.2. The van der Waals surface area contributed by atoms with Crippen molar-refractivity contribution >= 4 is 35.5 Å². The molecule has 4 unspecified atom stereocenters. The lowest BCUT2D eigenvalue weighted by atomic mass is 9.96. The van der Waals surface area contributed by atoms with Crippen LogP contribution in [0.3, 0.4) is 0 Å². The third kappa shape index (κ3) is 10.1. The highest BCUT2D eigenvalue weighted by molar-refractivity contribution is 7.98. The van der Waals surface area contributed by atoms with Gasteiger partial charge in [0, 0.05) is 0 Å². The van der Waals surface area contributed by atoms with E-state index in [2.05, 4.69) is 16.0 Å². The number of phenolic OH excluding ortho intramolecular Hbond substituents is 1. The quantitative estimate of drug-likeness (QED) is 0.219. The van der Waals surface area contributed by atoms with Gasteiger partial charge in [-0.1, -0.05) is 32.4 Å². The topological polar surface area (TPSA) is 171 Å². The Labute approximate surface area is 198 Å². The predicted octanol–water partition coefficient (Wildman–Crippen LogP) is 0.232. The highest BCUT2D eigenvalue weighted by Crippen LogP contribution is 2.13. The van der Waals surface area contributed by atoms with E-state index in [1.54, 1.807) is 19.1 Å². The molecule has 0 aliphatic rings. The van der Waals surface area contributed by atoms with Gasteiger partial charge in [0.2, 0.25) is 17.7 Å². The third-order valence-corrected chi connectivity index (χ3v) is 5.82. The average molecular weight is 483 g/mol. The molecule has 0 bridgehead atoms. The summed E-state index contributed by atoms with van der Waals surface area (Å²) < 4.78 is 0. The summed E-state index contributed by atoms with van der Waals surface area (Å²) in [4.78, 5) is 48.9. The smallest absolute Gasteiger partial charge is 0.322 e. The summed E-state index contributed by atoms with van der Waals surface area (Å²) in [5.74, 6) is -2.40. The van der Waals surface area contributed by atoms with Crippen molar-refractivity contribution in [2.45, 2.75) is 51.2 Å². The van der Waals surface area contributed by atoms with Crippen LogP contribution in [0.2, 0.25) is 0 Å². The Morgan fingerprint density at radius 2 is 1.70 bits per heavy atom. The Morgan fingerprint density at radius 3 is 2.24 bits per heavy atom. The highest BCUT2D eigenvalue weighted by Gasteiger charge is 2.31. The van der Waals surface area contributed by atoms with Crippen LogP contribution < -0.4 is 21.7 Å². The fraction of sp³-hybridized carbons (Fsp3) is 0.545. The largest absolute Gasteiger partial charge is 0.508 e. The van der Waals surface area contributed by atoms with Crippen molar-refractivity contribution in [3.05, 3.63) is 29.8 Å². The molecule has 1 aromatic carbocycles. The zero-order chi connectivity index (χ0) is 25.0. The summed E-state index contributed by atoms with van der Waals surface area (Å²) in [6, 6.07) is 3.55. The molecule has 0 spiro atoms. The lowest BCUT2D eigenvalue weighted by Gasteiger charge is -2.27. The number of benzene rings is 1. The fourth-order valence-corrected chi connectivity index (χ4v) is 3.46. The number of rotatable bonds is 14. The van der Waals surface area contributed by atoms with E-state index >= 15 is 0 Å². The number of hydrogen-bond donors (Lipinski definition) is 6. The van der Waals surface area contributed by atoms with Gasteiger partial charge in [-0.05, 0) is 48.5 Å². The van der Waals surface area contributed by atoms with Gasteiger partial charge in [-0.3, -0.25) is 19.2 Å². The molecule has 0 aliphatic heterocycles. The van der Waals surface area contributed by atoms with Crippen LogP contribution in [0.5, 0.6) is 5.75 Å². The number of aliphatic carboxylic acids is 1. The number of carboxylic acid groups (broad SMARTS) is 1. The van der Waals surface area contributed by atoms with Crippen LogP contribution in [0.25, 0.3) is 0 Å². The van der Waals surface area contributed by atoms with Gasteiger partial charge in [0.25, 0.3) is 0 Å². The van der Waals surface area contributed by atoms with E-state index in [0.29, 0.717) is 18.6 Å². The molecule has 33 heavy (non-hydrogen) atoms. The molecule has 4 atom stereocenters. The summed E-state index contributed by atoms with van der Waals surface area (Å²) in [6.07, 6.45) is 2.97. The maximum atomic E-state index is 13.0. The van der Waals surface area contributed by atoms with E-state index in [1.165, 1.54) is 23.9 Å². The van der Waals surface area contributed by atoms with Crippen molar-refractivity contribution in [2.24, 2.45) is 11.7 Å². The lowest BCUT2D eigenvalue weighted by Crippen LogP contribution is -2.58. The standard InChI is InChI=1S/C22H34N4O6S/c1-4-13(2)19(26-20(30)16(23)11-14-5-7-15(27)8-6-14)22(32)25-17(9-10-33-3)21(31)24-12-18(28)29/h5-8,13,16-17,19,27H,4,9-12,23H2,1-3H3,(H,24,31)(H,25,32)(H,26,30)(H,28,29). The van der Waals surface area contributed by atoms with Gasteiger partial charge < -0.3 is 31.9 Å². The molecule has 1 aromatic rings. The van der Waals surface area contributed by atoms with E-state index in [1.807, 2.05) is 13.2 Å². The van der Waals surface area contributed by atoms with Crippen molar-refractivity contribution in [2.75, 3.05) is 18.6 Å². The number of nitrogens with one attached hydrogen (secondary N) is 3. The Bertz CT molecular complexity index is 805. The van der Waals surface area contributed by atoms with Gasteiger partial charge in [-0.2, -0.15) is 11.8 Å². The Morgan fingerprint density at radius 1 is 1.06 bits per heavy atom. The second-order valence-electron chi connectivity index (χ2n) is 7.80. The Hall–Kier alpha value is -2.79. The average Bonchev–Trinajstić information content (AvgIpc) is 2.78. The van der Waals surface area contributed by atoms with Crippen LogP contribution in [-0.4, -0.2) is 70.6 Å². The van der Waals surface area contributed by atoms with Gasteiger partial charge >= 0.3 is 5.97 Å². The van der Waals surface area contributed by atoms with Crippen molar-refractivity contribution in [1.29, 1.82) is 0 Å². The number of carbonyl (C=O) groups is 4. The number of carbonyl (C=O) groups excluding carboxylic acids is 3. The van der Waals surface area contributed by atoms with Crippen LogP contribution in [-0.2, 0) is 25.6 Å².